The van der Waals surface area contributed by atoms with Gasteiger partial charge in [-0.05, 0) is 50.8 Å². The molecule has 1 aromatic rings. The quantitative estimate of drug-likeness (QED) is 0.436. The zero-order valence-electron chi connectivity index (χ0n) is 12.4. The van der Waals surface area contributed by atoms with Crippen molar-refractivity contribution in [1.82, 2.24) is 5.32 Å². The topological polar surface area (TPSA) is 25.2 Å². The first-order valence-electron chi connectivity index (χ1n) is 7.73. The van der Waals surface area contributed by atoms with Crippen molar-refractivity contribution in [1.29, 1.82) is 0 Å². The Bertz CT molecular complexity index is 305. The third kappa shape index (κ3) is 7.89. The van der Waals surface area contributed by atoms with Gasteiger partial charge in [0.05, 0.1) is 6.26 Å². The Balaban J connectivity index is 2.19. The summed E-state index contributed by atoms with van der Waals surface area (Å²) in [6, 6.07) is 4.67. The molecular formula is C17H29NO. The van der Waals surface area contributed by atoms with Crippen LogP contribution in [0, 0.1) is 0 Å². The number of allylic oxidation sites excluding steroid dienone is 1. The van der Waals surface area contributed by atoms with E-state index in [2.05, 4.69) is 24.9 Å². The molecule has 2 nitrogen and oxygen atoms in total. The number of rotatable bonds is 12. The Morgan fingerprint density at radius 1 is 1.32 bits per heavy atom. The molecule has 0 aliphatic rings. The van der Waals surface area contributed by atoms with Crippen LogP contribution < -0.4 is 5.32 Å². The summed E-state index contributed by atoms with van der Waals surface area (Å²) in [5, 5.41) is 3.66. The third-order valence-corrected chi connectivity index (χ3v) is 3.46. The fraction of sp³-hybridized carbons (Fsp3) is 0.647. The van der Waals surface area contributed by atoms with Gasteiger partial charge in [-0.3, -0.25) is 0 Å². The minimum absolute atomic E-state index is 0.633. The first-order chi connectivity index (χ1) is 9.36. The maximum atomic E-state index is 5.41. The average molecular weight is 263 g/mol. The molecule has 1 aromatic heterocycles. The van der Waals surface area contributed by atoms with Gasteiger partial charge in [0, 0.05) is 12.5 Å². The average Bonchev–Trinajstić information content (AvgIpc) is 2.94. The van der Waals surface area contributed by atoms with E-state index < -0.39 is 0 Å². The maximum Gasteiger partial charge on any atom is 0.103 e. The van der Waals surface area contributed by atoms with Gasteiger partial charge in [-0.15, -0.1) is 6.58 Å². The molecule has 0 bridgehead atoms. The number of unbranched alkanes of at least 4 members (excludes halogenated alkanes) is 3. The highest BCUT2D eigenvalue weighted by molar-refractivity contribution is 4.98. The van der Waals surface area contributed by atoms with Gasteiger partial charge in [0.1, 0.15) is 5.76 Å². The number of hydrogen-bond acceptors (Lipinski definition) is 2. The zero-order chi connectivity index (χ0) is 13.8. The molecule has 1 N–H and O–H groups in total. The summed E-state index contributed by atoms with van der Waals surface area (Å²) in [6.07, 6.45) is 13.5. The van der Waals surface area contributed by atoms with Crippen molar-refractivity contribution in [2.75, 3.05) is 6.54 Å². The van der Waals surface area contributed by atoms with Gasteiger partial charge in [-0.1, -0.05) is 25.8 Å². The zero-order valence-corrected chi connectivity index (χ0v) is 12.4. The Hall–Kier alpha value is -1.02. The molecule has 0 amide bonds. The second-order valence-corrected chi connectivity index (χ2v) is 5.20. The largest absolute Gasteiger partial charge is 0.469 e. The highest BCUT2D eigenvalue weighted by atomic mass is 16.3. The predicted molar refractivity (Wildman–Crippen MR) is 82.4 cm³/mol. The number of nitrogens with one attached hydrogen (secondary N) is 1. The van der Waals surface area contributed by atoms with Crippen LogP contribution in [-0.4, -0.2) is 12.6 Å². The van der Waals surface area contributed by atoms with E-state index >= 15 is 0 Å². The van der Waals surface area contributed by atoms with Gasteiger partial charge in [0.15, 0.2) is 0 Å². The molecule has 0 aliphatic carbocycles. The molecule has 0 fully saturated rings. The van der Waals surface area contributed by atoms with Gasteiger partial charge in [0.25, 0.3) is 0 Å². The Morgan fingerprint density at radius 2 is 2.21 bits per heavy atom. The van der Waals surface area contributed by atoms with Crippen molar-refractivity contribution < 1.29 is 4.42 Å². The van der Waals surface area contributed by atoms with Crippen LogP contribution >= 0.6 is 0 Å². The van der Waals surface area contributed by atoms with Crippen LogP contribution in [0.15, 0.2) is 35.5 Å². The van der Waals surface area contributed by atoms with Crippen molar-refractivity contribution in [2.24, 2.45) is 0 Å². The maximum absolute atomic E-state index is 5.41. The summed E-state index contributed by atoms with van der Waals surface area (Å²) in [7, 11) is 0. The molecular weight excluding hydrogens is 234 g/mol. The second-order valence-electron chi connectivity index (χ2n) is 5.20. The normalized spacial score (nSPS) is 12.5. The summed E-state index contributed by atoms with van der Waals surface area (Å²) >= 11 is 0. The highest BCUT2D eigenvalue weighted by Crippen LogP contribution is 2.12. The minimum atomic E-state index is 0.633. The van der Waals surface area contributed by atoms with E-state index in [-0.39, 0.29) is 0 Å². The Kier molecular flexibility index (Phi) is 9.17. The smallest absolute Gasteiger partial charge is 0.103 e. The fourth-order valence-electron chi connectivity index (χ4n) is 2.32. The van der Waals surface area contributed by atoms with E-state index in [0.717, 1.165) is 25.1 Å². The van der Waals surface area contributed by atoms with E-state index in [1.54, 1.807) is 6.26 Å². The summed E-state index contributed by atoms with van der Waals surface area (Å²) in [6.45, 7) is 7.11. The first-order valence-corrected chi connectivity index (χ1v) is 7.73. The Labute approximate surface area is 118 Å². The molecule has 19 heavy (non-hydrogen) atoms. The molecule has 0 aliphatic heterocycles. The SMILES string of the molecule is C=CCCCCCC(CCc1ccco1)NCCC. The lowest BCUT2D eigenvalue weighted by atomic mass is 10.0. The highest BCUT2D eigenvalue weighted by Gasteiger charge is 2.08. The summed E-state index contributed by atoms with van der Waals surface area (Å²) < 4.78 is 5.41. The molecule has 1 rings (SSSR count). The van der Waals surface area contributed by atoms with Crippen molar-refractivity contribution >= 4 is 0 Å². The molecule has 0 saturated heterocycles. The van der Waals surface area contributed by atoms with E-state index in [4.69, 9.17) is 4.42 Å². The molecule has 1 unspecified atom stereocenters. The monoisotopic (exact) mass is 263 g/mol. The lowest BCUT2D eigenvalue weighted by Gasteiger charge is -2.18. The molecule has 0 aromatic carbocycles. The standard InChI is InChI=1S/C17H29NO/c1-3-5-6-7-8-10-16(18-14-4-2)12-13-17-11-9-15-19-17/h3,9,11,15-16,18H,1,4-8,10,12-14H2,2H3. The second kappa shape index (κ2) is 10.9. The van der Waals surface area contributed by atoms with Gasteiger partial charge >= 0.3 is 0 Å². The molecule has 108 valence electrons. The van der Waals surface area contributed by atoms with Crippen LogP contribution in [0.3, 0.4) is 0 Å². The van der Waals surface area contributed by atoms with Crippen molar-refractivity contribution in [3.63, 3.8) is 0 Å². The third-order valence-electron chi connectivity index (χ3n) is 3.46. The molecule has 1 heterocycles. The van der Waals surface area contributed by atoms with E-state index in [0.29, 0.717) is 6.04 Å². The predicted octanol–water partition coefficient (Wildman–Crippen LogP) is 4.72. The molecule has 2 heteroatoms. The summed E-state index contributed by atoms with van der Waals surface area (Å²) in [4.78, 5) is 0. The molecule has 0 radical (unpaired) electrons. The van der Waals surface area contributed by atoms with Crippen LogP contribution in [-0.2, 0) is 6.42 Å². The number of furan rings is 1. The summed E-state index contributed by atoms with van der Waals surface area (Å²) in [5.41, 5.74) is 0. The van der Waals surface area contributed by atoms with Crippen molar-refractivity contribution in [3.8, 4) is 0 Å². The van der Waals surface area contributed by atoms with Gasteiger partial charge in [-0.25, -0.2) is 0 Å². The van der Waals surface area contributed by atoms with Crippen LogP contribution in [0.4, 0.5) is 0 Å². The van der Waals surface area contributed by atoms with Crippen molar-refractivity contribution in [2.45, 2.75) is 64.3 Å². The van der Waals surface area contributed by atoms with Crippen LogP contribution in [0.25, 0.3) is 0 Å². The lowest BCUT2D eigenvalue weighted by molar-refractivity contribution is 0.412. The lowest BCUT2D eigenvalue weighted by Crippen LogP contribution is -2.30. The van der Waals surface area contributed by atoms with E-state index in [1.807, 2.05) is 12.1 Å². The van der Waals surface area contributed by atoms with Gasteiger partial charge in [0.2, 0.25) is 0 Å². The van der Waals surface area contributed by atoms with E-state index in [1.165, 1.54) is 38.5 Å². The molecule has 1 atom stereocenters. The molecule has 0 spiro atoms. The van der Waals surface area contributed by atoms with Crippen LogP contribution in [0.1, 0.15) is 57.6 Å². The number of aryl methyl sites for hydroxylation is 1. The summed E-state index contributed by atoms with van der Waals surface area (Å²) in [5.74, 6) is 1.11. The van der Waals surface area contributed by atoms with Gasteiger partial charge < -0.3 is 9.73 Å². The van der Waals surface area contributed by atoms with Crippen LogP contribution in [0.5, 0.6) is 0 Å². The Morgan fingerprint density at radius 3 is 2.89 bits per heavy atom. The number of hydrogen-bond donors (Lipinski definition) is 1. The molecule has 0 saturated carbocycles. The van der Waals surface area contributed by atoms with E-state index in [9.17, 15) is 0 Å². The fourth-order valence-corrected chi connectivity index (χ4v) is 2.32. The van der Waals surface area contributed by atoms with Gasteiger partial charge in [-0.2, -0.15) is 0 Å². The first kappa shape index (κ1) is 16.0. The van der Waals surface area contributed by atoms with Crippen LogP contribution in [0.2, 0.25) is 0 Å². The van der Waals surface area contributed by atoms with Crippen molar-refractivity contribution in [3.05, 3.63) is 36.8 Å². The minimum Gasteiger partial charge on any atom is -0.469 e.